The number of aromatic nitrogens is 2. The second-order valence-corrected chi connectivity index (χ2v) is 7.32. The molecule has 0 saturated carbocycles. The number of benzene rings is 2. The average Bonchev–Trinajstić information content (AvgIpc) is 2.78. The largest absolute Gasteiger partial charge is 0.322 e. The first-order valence-electron chi connectivity index (χ1n) is 9.94. The van der Waals surface area contributed by atoms with Gasteiger partial charge in [0.2, 0.25) is 11.3 Å². The summed E-state index contributed by atoms with van der Waals surface area (Å²) in [6.07, 6.45) is 1.25. The molecule has 4 rings (SSSR count). The van der Waals surface area contributed by atoms with Crippen molar-refractivity contribution >= 4 is 34.2 Å². The molecule has 2 N–H and O–H groups in total. The fraction of sp³-hybridized carbons (Fsp3) is 0.0833. The topological polar surface area (TPSA) is 93.1 Å². The summed E-state index contributed by atoms with van der Waals surface area (Å²) in [5.74, 6) is -2.99. The average molecular weight is 448 g/mol. The van der Waals surface area contributed by atoms with Crippen molar-refractivity contribution in [1.82, 2.24) is 9.55 Å². The lowest BCUT2D eigenvalue weighted by atomic mass is 10.1. The van der Waals surface area contributed by atoms with Crippen LogP contribution in [0.1, 0.15) is 16.1 Å². The number of carbonyl (C=O) groups excluding carboxylic acids is 2. The molecule has 2 aromatic heterocycles. The van der Waals surface area contributed by atoms with Crippen molar-refractivity contribution in [2.75, 3.05) is 10.6 Å². The van der Waals surface area contributed by atoms with Gasteiger partial charge in [0.25, 0.3) is 5.91 Å². The summed E-state index contributed by atoms with van der Waals surface area (Å²) in [6, 6.07) is 14.5. The smallest absolute Gasteiger partial charge is 0.261 e. The number of rotatable bonds is 5. The van der Waals surface area contributed by atoms with Crippen molar-refractivity contribution in [2.45, 2.75) is 13.5 Å². The Balaban J connectivity index is 1.71. The summed E-state index contributed by atoms with van der Waals surface area (Å²) in [5, 5.41) is 5.17. The molecule has 2 heterocycles. The van der Waals surface area contributed by atoms with Crippen LogP contribution in [-0.4, -0.2) is 21.4 Å². The lowest BCUT2D eigenvalue weighted by molar-refractivity contribution is -0.116. The van der Waals surface area contributed by atoms with E-state index in [-0.39, 0.29) is 28.8 Å². The van der Waals surface area contributed by atoms with E-state index in [0.717, 1.165) is 12.1 Å². The van der Waals surface area contributed by atoms with Crippen LogP contribution in [0.15, 0.2) is 71.7 Å². The molecule has 0 spiro atoms. The van der Waals surface area contributed by atoms with E-state index in [1.807, 2.05) is 0 Å². The molecule has 166 valence electrons. The highest BCUT2D eigenvalue weighted by molar-refractivity contribution is 6.05. The van der Waals surface area contributed by atoms with Gasteiger partial charge < -0.3 is 15.2 Å². The number of pyridine rings is 2. The first-order valence-corrected chi connectivity index (χ1v) is 9.94. The van der Waals surface area contributed by atoms with Gasteiger partial charge in [-0.25, -0.2) is 13.8 Å². The van der Waals surface area contributed by atoms with Crippen molar-refractivity contribution in [3.63, 3.8) is 0 Å². The monoisotopic (exact) mass is 448 g/mol. The van der Waals surface area contributed by atoms with Crippen LogP contribution in [0.2, 0.25) is 0 Å². The van der Waals surface area contributed by atoms with Gasteiger partial charge in [0.1, 0.15) is 29.4 Å². The van der Waals surface area contributed by atoms with Crippen LogP contribution in [0.5, 0.6) is 0 Å². The molecule has 0 fully saturated rings. The second kappa shape index (κ2) is 8.99. The molecule has 0 radical (unpaired) electrons. The lowest BCUT2D eigenvalue weighted by Crippen LogP contribution is -2.27. The zero-order chi connectivity index (χ0) is 23.5. The van der Waals surface area contributed by atoms with Gasteiger partial charge >= 0.3 is 0 Å². The molecule has 2 aromatic carbocycles. The number of hydrogen-bond donors (Lipinski definition) is 2. The summed E-state index contributed by atoms with van der Waals surface area (Å²) in [5.41, 5.74) is 0.385. The molecule has 0 aliphatic carbocycles. The maximum Gasteiger partial charge on any atom is 0.261 e. The predicted octanol–water partition coefficient (Wildman–Crippen LogP) is 3.87. The minimum absolute atomic E-state index is 0.155. The molecule has 0 unspecified atom stereocenters. The lowest BCUT2D eigenvalue weighted by Gasteiger charge is -2.14. The molecule has 0 aliphatic rings. The third-order valence-electron chi connectivity index (χ3n) is 4.86. The Hall–Kier alpha value is -4.40. The molecule has 7 nitrogen and oxygen atoms in total. The van der Waals surface area contributed by atoms with Gasteiger partial charge in [-0.05, 0) is 43.3 Å². The number of fused-ring (bicyclic) bond motifs is 1. The number of hydrogen-bond acceptors (Lipinski definition) is 4. The molecule has 4 aromatic rings. The highest BCUT2D eigenvalue weighted by atomic mass is 19.1. The normalized spacial score (nSPS) is 10.8. The van der Waals surface area contributed by atoms with E-state index in [1.165, 1.54) is 16.8 Å². The number of nitrogens with one attached hydrogen (secondary N) is 2. The van der Waals surface area contributed by atoms with Gasteiger partial charge in [-0.15, -0.1) is 0 Å². The summed E-state index contributed by atoms with van der Waals surface area (Å²) >= 11 is 0. The van der Waals surface area contributed by atoms with Crippen molar-refractivity contribution in [3.05, 3.63) is 100.0 Å². The van der Waals surface area contributed by atoms with Crippen LogP contribution >= 0.6 is 0 Å². The molecule has 2 amide bonds. The molecule has 0 aliphatic heterocycles. The quantitative estimate of drug-likeness (QED) is 0.485. The Morgan fingerprint density at radius 2 is 1.76 bits per heavy atom. The standard InChI is InChI=1S/C24H18F2N4O3/c1-14-7-9-17-22(32)18(24(33)28-16-5-3-2-4-6-16)12-30(23(17)27-14)13-21(31)29-20-10-8-15(25)11-19(20)26/h2-12H,13H2,1H3,(H,28,33)(H,29,31). The van der Waals surface area contributed by atoms with Crippen molar-refractivity contribution in [3.8, 4) is 0 Å². The zero-order valence-electron chi connectivity index (χ0n) is 17.4. The van der Waals surface area contributed by atoms with Crippen molar-refractivity contribution < 1.29 is 18.4 Å². The maximum absolute atomic E-state index is 13.9. The number of anilines is 2. The highest BCUT2D eigenvalue weighted by Crippen LogP contribution is 2.16. The molecule has 33 heavy (non-hydrogen) atoms. The van der Waals surface area contributed by atoms with Gasteiger partial charge in [0, 0.05) is 23.6 Å². The fourth-order valence-electron chi connectivity index (χ4n) is 3.30. The first kappa shape index (κ1) is 21.8. The Morgan fingerprint density at radius 1 is 1.00 bits per heavy atom. The maximum atomic E-state index is 13.9. The Kier molecular flexibility index (Phi) is 5.95. The molecule has 9 heteroatoms. The number of para-hydroxylation sites is 1. The van der Waals surface area contributed by atoms with Crippen LogP contribution in [0, 0.1) is 18.6 Å². The molecular formula is C24H18F2N4O3. The van der Waals surface area contributed by atoms with Crippen LogP contribution < -0.4 is 16.1 Å². The van der Waals surface area contributed by atoms with E-state index < -0.39 is 28.9 Å². The Bertz CT molecular complexity index is 1440. The zero-order valence-corrected chi connectivity index (χ0v) is 17.4. The minimum Gasteiger partial charge on any atom is -0.322 e. The van der Waals surface area contributed by atoms with Crippen LogP contribution in [-0.2, 0) is 11.3 Å². The van der Waals surface area contributed by atoms with Crippen LogP contribution in [0.25, 0.3) is 11.0 Å². The summed E-state index contributed by atoms with van der Waals surface area (Å²) in [4.78, 5) is 42.7. The summed E-state index contributed by atoms with van der Waals surface area (Å²) < 4.78 is 28.4. The summed E-state index contributed by atoms with van der Waals surface area (Å²) in [7, 11) is 0. The SMILES string of the molecule is Cc1ccc2c(=O)c(C(=O)Nc3ccccc3)cn(CC(=O)Nc3ccc(F)cc3F)c2n1. The van der Waals surface area contributed by atoms with Gasteiger partial charge in [0.05, 0.1) is 11.1 Å². The first-order chi connectivity index (χ1) is 15.8. The number of aryl methyl sites for hydroxylation is 1. The fourth-order valence-corrected chi connectivity index (χ4v) is 3.30. The third kappa shape index (κ3) is 4.77. The van der Waals surface area contributed by atoms with E-state index in [0.29, 0.717) is 17.4 Å². The number of carbonyl (C=O) groups is 2. The third-order valence-corrected chi connectivity index (χ3v) is 4.86. The minimum atomic E-state index is -0.926. The Morgan fingerprint density at radius 3 is 2.48 bits per heavy atom. The van der Waals surface area contributed by atoms with Crippen molar-refractivity contribution in [2.24, 2.45) is 0 Å². The number of amides is 2. The van der Waals surface area contributed by atoms with Crippen LogP contribution in [0.3, 0.4) is 0 Å². The highest BCUT2D eigenvalue weighted by Gasteiger charge is 2.18. The summed E-state index contributed by atoms with van der Waals surface area (Å²) in [6.45, 7) is 1.36. The van der Waals surface area contributed by atoms with Gasteiger partial charge in [0.15, 0.2) is 0 Å². The van der Waals surface area contributed by atoms with E-state index in [1.54, 1.807) is 43.3 Å². The van der Waals surface area contributed by atoms with E-state index in [9.17, 15) is 23.2 Å². The van der Waals surface area contributed by atoms with Gasteiger partial charge in [-0.3, -0.25) is 14.4 Å². The molecule has 0 bridgehead atoms. The predicted molar refractivity (Wildman–Crippen MR) is 120 cm³/mol. The molecule has 0 atom stereocenters. The van der Waals surface area contributed by atoms with E-state index in [2.05, 4.69) is 15.6 Å². The number of nitrogens with zero attached hydrogens (tertiary/aromatic N) is 2. The van der Waals surface area contributed by atoms with Gasteiger partial charge in [-0.2, -0.15) is 0 Å². The van der Waals surface area contributed by atoms with E-state index in [4.69, 9.17) is 0 Å². The van der Waals surface area contributed by atoms with E-state index >= 15 is 0 Å². The second-order valence-electron chi connectivity index (χ2n) is 7.32. The molecule has 0 saturated heterocycles. The molecular weight excluding hydrogens is 430 g/mol. The van der Waals surface area contributed by atoms with Crippen LogP contribution in [0.4, 0.5) is 20.2 Å². The Labute approximate surface area is 186 Å². The van der Waals surface area contributed by atoms with Gasteiger partial charge in [-0.1, -0.05) is 18.2 Å². The van der Waals surface area contributed by atoms with Crippen molar-refractivity contribution in [1.29, 1.82) is 0 Å². The number of halogens is 2.